The minimum Gasteiger partial charge on any atom is -0.508 e. The zero-order valence-corrected chi connectivity index (χ0v) is 27.5. The molecule has 242 valence electrons. The monoisotopic (exact) mass is 635 g/mol. The molecule has 4 N–H and O–H groups in total. The predicted octanol–water partition coefficient (Wildman–Crippen LogP) is 5.02. The molecule has 0 spiro atoms. The van der Waals surface area contributed by atoms with E-state index in [4.69, 9.17) is 4.74 Å². The molecule has 2 aromatic carbocycles. The predicted molar refractivity (Wildman–Crippen MR) is 179 cm³/mol. The van der Waals surface area contributed by atoms with Crippen molar-refractivity contribution >= 4 is 29.5 Å². The van der Waals surface area contributed by atoms with Crippen LogP contribution in [-0.4, -0.2) is 68.3 Å². The van der Waals surface area contributed by atoms with Crippen molar-refractivity contribution in [2.75, 3.05) is 12.5 Å². The van der Waals surface area contributed by atoms with Crippen molar-refractivity contribution in [2.24, 2.45) is 0 Å². The molecule has 0 bridgehead atoms. The van der Waals surface area contributed by atoms with Crippen molar-refractivity contribution in [1.82, 2.24) is 15.5 Å². The fourth-order valence-electron chi connectivity index (χ4n) is 5.17. The van der Waals surface area contributed by atoms with Crippen LogP contribution in [0.1, 0.15) is 62.0 Å². The average Bonchev–Trinajstić information content (AvgIpc) is 3.34. The maximum atomic E-state index is 14.0. The van der Waals surface area contributed by atoms with Crippen LogP contribution in [0.4, 0.5) is 0 Å². The first kappa shape index (κ1) is 35.5. The third kappa shape index (κ3) is 9.25. The van der Waals surface area contributed by atoms with Crippen LogP contribution < -0.4 is 15.4 Å². The van der Waals surface area contributed by atoms with Crippen molar-refractivity contribution in [3.05, 3.63) is 95.6 Å². The van der Waals surface area contributed by atoms with E-state index in [1.54, 1.807) is 31.2 Å². The van der Waals surface area contributed by atoms with Crippen LogP contribution in [0.2, 0.25) is 0 Å². The molecule has 3 rings (SSSR count). The average molecular weight is 636 g/mol. The van der Waals surface area contributed by atoms with Crippen LogP contribution in [0, 0.1) is 6.92 Å². The summed E-state index contributed by atoms with van der Waals surface area (Å²) in [5.41, 5.74) is 2.18. The Bertz CT molecular complexity index is 1440. The van der Waals surface area contributed by atoms with Gasteiger partial charge in [-0.3, -0.25) is 14.4 Å². The number of aliphatic hydroxyl groups is 1. The van der Waals surface area contributed by atoms with Gasteiger partial charge < -0.3 is 30.5 Å². The van der Waals surface area contributed by atoms with E-state index in [9.17, 15) is 24.6 Å². The Morgan fingerprint density at radius 1 is 1.22 bits per heavy atom. The second kappa shape index (κ2) is 16.3. The number of thioether (sulfide) groups is 1. The molecule has 2 aromatic rings. The quantitative estimate of drug-likeness (QED) is 0.215. The van der Waals surface area contributed by atoms with Gasteiger partial charge in [-0.15, -0.1) is 11.8 Å². The minimum atomic E-state index is -1.66. The van der Waals surface area contributed by atoms with Crippen LogP contribution in [0.15, 0.2) is 78.9 Å². The maximum Gasteiger partial charge on any atom is 0.254 e. The minimum absolute atomic E-state index is 0.0395. The van der Waals surface area contributed by atoms with Crippen molar-refractivity contribution < 1.29 is 29.3 Å². The highest BCUT2D eigenvalue weighted by Gasteiger charge is 2.49. The van der Waals surface area contributed by atoms with E-state index in [-0.39, 0.29) is 36.1 Å². The van der Waals surface area contributed by atoms with Gasteiger partial charge in [0, 0.05) is 22.4 Å². The molecule has 1 aliphatic heterocycles. The van der Waals surface area contributed by atoms with E-state index in [0.29, 0.717) is 12.2 Å². The van der Waals surface area contributed by atoms with Crippen LogP contribution >= 0.6 is 11.8 Å². The van der Waals surface area contributed by atoms with Crippen LogP contribution in [0.3, 0.4) is 0 Å². The zero-order chi connectivity index (χ0) is 33.1. The van der Waals surface area contributed by atoms with Gasteiger partial charge in [-0.05, 0) is 75.9 Å². The number of allylic oxidation sites excluding steroid dienone is 4. The summed E-state index contributed by atoms with van der Waals surface area (Å²) in [5, 5.41) is 27.4. The fourth-order valence-corrected chi connectivity index (χ4v) is 6.31. The molecule has 45 heavy (non-hydrogen) atoms. The summed E-state index contributed by atoms with van der Waals surface area (Å²) < 4.78 is 5.07. The lowest BCUT2D eigenvalue weighted by Gasteiger charge is -2.33. The van der Waals surface area contributed by atoms with Gasteiger partial charge in [0.2, 0.25) is 5.91 Å². The number of carbonyl (C=O) groups excluding carboxylic acids is 3. The van der Waals surface area contributed by atoms with Gasteiger partial charge in [-0.25, -0.2) is 0 Å². The van der Waals surface area contributed by atoms with Gasteiger partial charge in [-0.2, -0.15) is 0 Å². The number of hydrogen-bond acceptors (Lipinski definition) is 7. The molecule has 1 heterocycles. The molecular formula is C35H45N3O6S. The van der Waals surface area contributed by atoms with E-state index in [1.165, 1.54) is 22.7 Å². The number of nitrogens with zero attached hydrogens (tertiary/aromatic N) is 1. The van der Waals surface area contributed by atoms with Gasteiger partial charge in [-0.1, -0.05) is 56.0 Å². The van der Waals surface area contributed by atoms with Gasteiger partial charge in [0.25, 0.3) is 11.8 Å². The van der Waals surface area contributed by atoms with Crippen molar-refractivity contribution in [2.45, 2.75) is 76.9 Å². The van der Waals surface area contributed by atoms with E-state index in [1.807, 2.05) is 64.1 Å². The van der Waals surface area contributed by atoms with Crippen LogP contribution in [0.5, 0.6) is 11.5 Å². The number of benzene rings is 2. The molecule has 0 aliphatic carbocycles. The maximum absolute atomic E-state index is 14.0. The Morgan fingerprint density at radius 3 is 2.64 bits per heavy atom. The lowest BCUT2D eigenvalue weighted by molar-refractivity contribution is -0.147. The lowest BCUT2D eigenvalue weighted by Crippen LogP contribution is -2.58. The van der Waals surface area contributed by atoms with Gasteiger partial charge >= 0.3 is 0 Å². The fraction of sp³-hybridized carbons (Fsp3) is 0.400. The second-order valence-corrected chi connectivity index (χ2v) is 13.1. The number of phenolic OH excluding ortho intramolecular Hbond substituents is 1. The number of phenols is 1. The molecule has 10 heteroatoms. The summed E-state index contributed by atoms with van der Waals surface area (Å²) in [6.45, 7) is 13.8. The van der Waals surface area contributed by atoms with Gasteiger partial charge in [0.1, 0.15) is 17.5 Å². The number of aromatic hydroxyl groups is 1. The Balaban J connectivity index is 1.84. The Kier molecular flexibility index (Phi) is 12.9. The lowest BCUT2D eigenvalue weighted by atomic mass is 9.96. The largest absolute Gasteiger partial charge is 0.508 e. The molecule has 1 saturated heterocycles. The topological polar surface area (TPSA) is 128 Å². The number of ether oxygens (including phenoxy) is 1. The first-order valence-corrected chi connectivity index (χ1v) is 16.1. The van der Waals surface area contributed by atoms with Crippen LogP contribution in [-0.2, 0) is 16.1 Å². The summed E-state index contributed by atoms with van der Waals surface area (Å²) in [4.78, 5) is 42.3. The molecule has 9 nitrogen and oxygen atoms in total. The summed E-state index contributed by atoms with van der Waals surface area (Å²) in [5.74, 6) is -0.687. The third-order valence-electron chi connectivity index (χ3n) is 7.58. The number of aliphatic hydroxyl groups excluding tert-OH is 1. The smallest absolute Gasteiger partial charge is 0.254 e. The highest BCUT2D eigenvalue weighted by atomic mass is 32.2. The SMILES string of the molecule is C=C/C=C(\C=C/C)C[C@H](NC(=O)c1cccc(O)c1C)[C@H](O)C(=O)N1CSC(C)(C)[C@H]1C(=O)NCc1cccc(OCCC)c1. The molecule has 3 amide bonds. The number of carbonyl (C=O) groups is 3. The molecule has 0 aromatic heterocycles. The zero-order valence-electron chi connectivity index (χ0n) is 26.7. The Hall–Kier alpha value is -4.02. The molecule has 1 aliphatic rings. The van der Waals surface area contributed by atoms with Gasteiger partial charge in [0.15, 0.2) is 6.10 Å². The van der Waals surface area contributed by atoms with E-state index in [2.05, 4.69) is 17.2 Å². The van der Waals surface area contributed by atoms with Crippen LogP contribution in [0.25, 0.3) is 0 Å². The van der Waals surface area contributed by atoms with Crippen molar-refractivity contribution in [1.29, 1.82) is 0 Å². The number of amides is 3. The standard InChI is InChI=1S/C35H45N3O6S/c1-7-12-24(13-8-2)20-28(37-32(41)27-16-11-17-29(39)23(27)4)30(40)34(43)38-22-45-35(5,6)31(38)33(42)36-21-25-14-10-15-26(19-25)44-18-9-3/h7-8,10-17,19,28,30-31,39-40H,1,9,18,20-22H2,2-6H3,(H,36,42)(H,37,41)/b13-8-,24-12+/t28-,30-,31+/m0/s1. The first-order chi connectivity index (χ1) is 21.4. The number of rotatable bonds is 14. The highest BCUT2D eigenvalue weighted by molar-refractivity contribution is 8.00. The molecule has 0 saturated carbocycles. The number of hydrogen-bond donors (Lipinski definition) is 4. The molecule has 0 radical (unpaired) electrons. The Morgan fingerprint density at radius 2 is 1.96 bits per heavy atom. The molecule has 3 atom stereocenters. The first-order valence-electron chi connectivity index (χ1n) is 15.1. The third-order valence-corrected chi connectivity index (χ3v) is 8.96. The molecule has 0 unspecified atom stereocenters. The highest BCUT2D eigenvalue weighted by Crippen LogP contribution is 2.40. The number of nitrogens with one attached hydrogen (secondary N) is 2. The van der Waals surface area contributed by atoms with E-state index in [0.717, 1.165) is 23.3 Å². The second-order valence-electron chi connectivity index (χ2n) is 11.5. The van der Waals surface area contributed by atoms with E-state index >= 15 is 0 Å². The van der Waals surface area contributed by atoms with E-state index < -0.39 is 34.7 Å². The summed E-state index contributed by atoms with van der Waals surface area (Å²) in [6, 6.07) is 10.2. The normalized spacial score (nSPS) is 17.5. The molecular weight excluding hydrogens is 590 g/mol. The van der Waals surface area contributed by atoms with Crippen molar-refractivity contribution in [3.8, 4) is 11.5 Å². The van der Waals surface area contributed by atoms with Gasteiger partial charge in [0.05, 0.1) is 18.5 Å². The summed E-state index contributed by atoms with van der Waals surface area (Å²) in [7, 11) is 0. The summed E-state index contributed by atoms with van der Waals surface area (Å²) >= 11 is 1.44. The van der Waals surface area contributed by atoms with Crippen molar-refractivity contribution in [3.63, 3.8) is 0 Å². The Labute approximate surface area is 270 Å². The molecule has 1 fully saturated rings. The summed E-state index contributed by atoms with van der Waals surface area (Å²) in [6.07, 6.45) is 6.29.